The first-order chi connectivity index (χ1) is 10.6. The highest BCUT2D eigenvalue weighted by Crippen LogP contribution is 2.37. The maximum atomic E-state index is 12.6. The zero-order valence-electron chi connectivity index (χ0n) is 13.5. The molecule has 0 N–H and O–H groups in total. The fourth-order valence-corrected chi connectivity index (χ4v) is 3.67. The first-order valence-corrected chi connectivity index (χ1v) is 8.17. The zero-order valence-corrected chi connectivity index (χ0v) is 13.5. The summed E-state index contributed by atoms with van der Waals surface area (Å²) in [6.07, 6.45) is 4.01. The van der Waals surface area contributed by atoms with Gasteiger partial charge in [-0.3, -0.25) is 4.79 Å². The molecule has 0 radical (unpaired) electrons. The Morgan fingerprint density at radius 3 is 2.59 bits per heavy atom. The van der Waals surface area contributed by atoms with Crippen molar-refractivity contribution < 1.29 is 14.3 Å². The first-order valence-electron chi connectivity index (χ1n) is 8.17. The van der Waals surface area contributed by atoms with E-state index in [4.69, 9.17) is 9.47 Å². The Labute approximate surface area is 132 Å². The average molecular weight is 303 g/mol. The fraction of sp³-hybridized carbons (Fsp3) is 0.611. The van der Waals surface area contributed by atoms with Gasteiger partial charge in [0.15, 0.2) is 0 Å². The number of ether oxygens (including phenoxy) is 2. The van der Waals surface area contributed by atoms with Gasteiger partial charge in [0.05, 0.1) is 11.7 Å². The van der Waals surface area contributed by atoms with Crippen LogP contribution in [0.4, 0.5) is 0 Å². The Morgan fingerprint density at radius 2 is 1.95 bits per heavy atom. The summed E-state index contributed by atoms with van der Waals surface area (Å²) in [4.78, 5) is 14.5. The van der Waals surface area contributed by atoms with Crippen molar-refractivity contribution in [2.45, 2.75) is 44.3 Å². The van der Waals surface area contributed by atoms with Gasteiger partial charge in [0.25, 0.3) is 5.91 Å². The monoisotopic (exact) mass is 303 g/mol. The predicted molar refractivity (Wildman–Crippen MR) is 85.0 cm³/mol. The quantitative estimate of drug-likeness (QED) is 0.843. The molecule has 1 spiro atoms. The molecule has 1 aromatic rings. The summed E-state index contributed by atoms with van der Waals surface area (Å²) in [5, 5.41) is 0. The fourth-order valence-electron chi connectivity index (χ4n) is 3.67. The number of aryl methyl sites for hydroxylation is 1. The van der Waals surface area contributed by atoms with Crippen molar-refractivity contribution in [2.24, 2.45) is 0 Å². The van der Waals surface area contributed by atoms with Crippen molar-refractivity contribution in [3.8, 4) is 0 Å². The van der Waals surface area contributed by atoms with E-state index in [0.29, 0.717) is 0 Å². The molecule has 120 valence electrons. The maximum Gasteiger partial charge on any atom is 0.253 e. The van der Waals surface area contributed by atoms with Gasteiger partial charge in [-0.25, -0.2) is 0 Å². The van der Waals surface area contributed by atoms with Gasteiger partial charge in [0.2, 0.25) is 0 Å². The van der Waals surface area contributed by atoms with Crippen LogP contribution in [0, 0.1) is 6.92 Å². The topological polar surface area (TPSA) is 38.8 Å². The second-order valence-electron chi connectivity index (χ2n) is 6.44. The second-order valence-corrected chi connectivity index (χ2v) is 6.44. The predicted octanol–water partition coefficient (Wildman–Crippen LogP) is 2.80. The third-order valence-electron chi connectivity index (χ3n) is 5.07. The van der Waals surface area contributed by atoms with Crippen LogP contribution in [0.2, 0.25) is 0 Å². The number of amides is 1. The van der Waals surface area contributed by atoms with Crippen molar-refractivity contribution in [3.05, 3.63) is 35.4 Å². The van der Waals surface area contributed by atoms with Crippen molar-refractivity contribution in [1.82, 2.24) is 4.90 Å². The molecule has 3 rings (SSSR count). The Hall–Kier alpha value is -1.39. The number of hydrogen-bond acceptors (Lipinski definition) is 3. The molecule has 0 bridgehead atoms. The Kier molecular flexibility index (Phi) is 4.50. The minimum Gasteiger partial charge on any atom is -0.378 e. The Morgan fingerprint density at radius 1 is 1.27 bits per heavy atom. The SMILES string of the molecule is CO[C@@H]1CCCOC12CCN(C(=O)c1ccc(C)cc1)CC2. The molecule has 1 amide bonds. The summed E-state index contributed by atoms with van der Waals surface area (Å²) in [6.45, 7) is 4.33. The van der Waals surface area contributed by atoms with E-state index >= 15 is 0 Å². The number of piperidine rings is 1. The molecular formula is C18H25NO3. The molecule has 4 heteroatoms. The van der Waals surface area contributed by atoms with Crippen molar-refractivity contribution >= 4 is 5.91 Å². The number of nitrogens with zero attached hydrogens (tertiary/aromatic N) is 1. The Balaban J connectivity index is 1.66. The van der Waals surface area contributed by atoms with E-state index in [2.05, 4.69) is 0 Å². The van der Waals surface area contributed by atoms with Crippen LogP contribution in [0.5, 0.6) is 0 Å². The average Bonchev–Trinajstić information content (AvgIpc) is 2.56. The zero-order chi connectivity index (χ0) is 15.6. The van der Waals surface area contributed by atoms with Crippen LogP contribution < -0.4 is 0 Å². The summed E-state index contributed by atoms with van der Waals surface area (Å²) in [6, 6.07) is 7.81. The van der Waals surface area contributed by atoms with Crippen LogP contribution in [0.15, 0.2) is 24.3 Å². The number of methoxy groups -OCH3 is 1. The van der Waals surface area contributed by atoms with E-state index in [1.165, 1.54) is 5.56 Å². The molecule has 2 aliphatic rings. The lowest BCUT2D eigenvalue weighted by molar-refractivity contribution is -0.183. The maximum absolute atomic E-state index is 12.6. The standard InChI is InChI=1S/C18H25NO3/c1-14-5-7-15(8-6-14)17(20)19-11-9-18(10-12-19)16(21-2)4-3-13-22-18/h5-8,16H,3-4,9-13H2,1-2H3/t16-/m1/s1. The highest BCUT2D eigenvalue weighted by atomic mass is 16.5. The van der Waals surface area contributed by atoms with Crippen LogP contribution in [0.3, 0.4) is 0 Å². The van der Waals surface area contributed by atoms with E-state index in [9.17, 15) is 4.79 Å². The smallest absolute Gasteiger partial charge is 0.253 e. The largest absolute Gasteiger partial charge is 0.378 e. The van der Waals surface area contributed by atoms with Gasteiger partial charge in [0.1, 0.15) is 0 Å². The summed E-state index contributed by atoms with van der Waals surface area (Å²) in [5.74, 6) is 0.125. The van der Waals surface area contributed by atoms with E-state index < -0.39 is 0 Å². The second kappa shape index (κ2) is 6.39. The third kappa shape index (κ3) is 2.90. The number of carbonyl (C=O) groups is 1. The Bertz CT molecular complexity index is 518. The van der Waals surface area contributed by atoms with Crippen LogP contribution in [-0.4, -0.2) is 49.3 Å². The summed E-state index contributed by atoms with van der Waals surface area (Å²) in [7, 11) is 1.77. The molecule has 22 heavy (non-hydrogen) atoms. The van der Waals surface area contributed by atoms with E-state index in [0.717, 1.165) is 50.9 Å². The van der Waals surface area contributed by atoms with Crippen LogP contribution in [-0.2, 0) is 9.47 Å². The minimum atomic E-state index is -0.183. The first kappa shape index (κ1) is 15.5. The molecule has 0 unspecified atom stereocenters. The molecule has 2 fully saturated rings. The summed E-state index contributed by atoms with van der Waals surface area (Å²) >= 11 is 0. The molecule has 1 aromatic carbocycles. The lowest BCUT2D eigenvalue weighted by Crippen LogP contribution is -2.56. The molecule has 0 aromatic heterocycles. The van der Waals surface area contributed by atoms with Crippen molar-refractivity contribution in [1.29, 1.82) is 0 Å². The molecule has 1 atom stereocenters. The van der Waals surface area contributed by atoms with Crippen LogP contribution in [0.1, 0.15) is 41.6 Å². The van der Waals surface area contributed by atoms with Crippen molar-refractivity contribution in [3.63, 3.8) is 0 Å². The van der Waals surface area contributed by atoms with Crippen LogP contribution in [0.25, 0.3) is 0 Å². The molecule has 0 saturated carbocycles. The molecule has 0 aliphatic carbocycles. The van der Waals surface area contributed by atoms with Gasteiger partial charge in [0, 0.05) is 32.4 Å². The molecule has 4 nitrogen and oxygen atoms in total. The van der Waals surface area contributed by atoms with Gasteiger partial charge in [-0.15, -0.1) is 0 Å². The normalized spacial score (nSPS) is 24.5. The lowest BCUT2D eigenvalue weighted by Gasteiger charge is -2.48. The van der Waals surface area contributed by atoms with E-state index in [1.807, 2.05) is 36.1 Å². The van der Waals surface area contributed by atoms with Gasteiger partial charge in [-0.2, -0.15) is 0 Å². The van der Waals surface area contributed by atoms with Crippen LogP contribution >= 0.6 is 0 Å². The molecule has 2 aliphatic heterocycles. The molecular weight excluding hydrogens is 278 g/mol. The summed E-state index contributed by atoms with van der Waals surface area (Å²) < 4.78 is 11.7. The van der Waals surface area contributed by atoms with Gasteiger partial charge >= 0.3 is 0 Å². The van der Waals surface area contributed by atoms with Gasteiger partial charge in [-0.05, 0) is 44.7 Å². The van der Waals surface area contributed by atoms with E-state index in [-0.39, 0.29) is 17.6 Å². The summed E-state index contributed by atoms with van der Waals surface area (Å²) in [5.41, 5.74) is 1.76. The number of rotatable bonds is 2. The van der Waals surface area contributed by atoms with Gasteiger partial charge < -0.3 is 14.4 Å². The highest BCUT2D eigenvalue weighted by Gasteiger charge is 2.45. The molecule has 2 saturated heterocycles. The van der Waals surface area contributed by atoms with Crippen molar-refractivity contribution in [2.75, 3.05) is 26.8 Å². The van der Waals surface area contributed by atoms with E-state index in [1.54, 1.807) is 7.11 Å². The lowest BCUT2D eigenvalue weighted by atomic mass is 9.81. The number of hydrogen-bond donors (Lipinski definition) is 0. The van der Waals surface area contributed by atoms with Gasteiger partial charge in [-0.1, -0.05) is 17.7 Å². The molecule has 2 heterocycles. The minimum absolute atomic E-state index is 0.125. The highest BCUT2D eigenvalue weighted by molar-refractivity contribution is 5.94. The number of carbonyl (C=O) groups excluding carboxylic acids is 1. The third-order valence-corrected chi connectivity index (χ3v) is 5.07. The number of benzene rings is 1. The number of likely N-dealkylation sites (tertiary alicyclic amines) is 1.